The first kappa shape index (κ1) is 17.5. The zero-order valence-electron chi connectivity index (χ0n) is 15.0. The van der Waals surface area contributed by atoms with Crippen molar-refractivity contribution in [1.29, 1.82) is 0 Å². The largest absolute Gasteiger partial charge is 0.457 e. The monoisotopic (exact) mass is 338 g/mol. The van der Waals surface area contributed by atoms with Crippen molar-refractivity contribution in [2.24, 2.45) is 0 Å². The van der Waals surface area contributed by atoms with Crippen LogP contribution in [-0.2, 0) is 0 Å². The Bertz CT molecular complexity index is 700. The van der Waals surface area contributed by atoms with Gasteiger partial charge in [-0.15, -0.1) is 0 Å². The molecule has 1 saturated heterocycles. The summed E-state index contributed by atoms with van der Waals surface area (Å²) in [6.07, 6.45) is 3.22. The highest BCUT2D eigenvalue weighted by Gasteiger charge is 2.22. The summed E-state index contributed by atoms with van der Waals surface area (Å²) < 4.78 is 5.85. The average Bonchev–Trinajstić information content (AvgIpc) is 2.88. The molecule has 4 heteroatoms. The van der Waals surface area contributed by atoms with E-state index in [1.807, 2.05) is 59.5 Å². The second-order valence-electron chi connectivity index (χ2n) is 6.78. The number of ether oxygens (including phenoxy) is 1. The predicted molar refractivity (Wildman–Crippen MR) is 100 cm³/mol. The van der Waals surface area contributed by atoms with E-state index >= 15 is 0 Å². The molecule has 1 aliphatic rings. The lowest BCUT2D eigenvalue weighted by Gasteiger charge is -2.23. The molecule has 1 amide bonds. The van der Waals surface area contributed by atoms with E-state index in [9.17, 15) is 4.79 Å². The number of nitrogens with zero attached hydrogens (tertiary/aromatic N) is 2. The van der Waals surface area contributed by atoms with E-state index in [1.165, 1.54) is 0 Å². The Labute approximate surface area is 150 Å². The minimum atomic E-state index is 0.0953. The molecule has 1 atom stereocenters. The molecule has 2 aromatic rings. The van der Waals surface area contributed by atoms with E-state index in [0.29, 0.717) is 17.4 Å². The molecule has 25 heavy (non-hydrogen) atoms. The fourth-order valence-electron chi connectivity index (χ4n) is 3.30. The zero-order chi connectivity index (χ0) is 17.6. The van der Waals surface area contributed by atoms with Gasteiger partial charge in [-0.1, -0.05) is 24.3 Å². The topological polar surface area (TPSA) is 32.8 Å². The highest BCUT2D eigenvalue weighted by Crippen LogP contribution is 2.23. The maximum atomic E-state index is 12.9. The van der Waals surface area contributed by atoms with E-state index in [2.05, 4.69) is 19.0 Å². The highest BCUT2D eigenvalue weighted by molar-refractivity contribution is 5.94. The first-order valence-electron chi connectivity index (χ1n) is 8.92. The Morgan fingerprint density at radius 1 is 1.00 bits per heavy atom. The number of carbonyl (C=O) groups is 1. The smallest absolute Gasteiger partial charge is 0.253 e. The SMILES string of the molecule is CN(C)C1CCCN(C(=O)c2cccc(Oc3ccccc3)c2)CC1. The van der Waals surface area contributed by atoms with Crippen molar-refractivity contribution < 1.29 is 9.53 Å². The molecule has 0 bridgehead atoms. The van der Waals surface area contributed by atoms with Crippen molar-refractivity contribution in [2.45, 2.75) is 25.3 Å². The van der Waals surface area contributed by atoms with E-state index in [0.717, 1.165) is 38.1 Å². The molecule has 3 rings (SSSR count). The zero-order valence-corrected chi connectivity index (χ0v) is 15.0. The number of rotatable bonds is 4. The maximum Gasteiger partial charge on any atom is 0.253 e. The van der Waals surface area contributed by atoms with Crippen LogP contribution in [-0.4, -0.2) is 48.9 Å². The first-order chi connectivity index (χ1) is 12.1. The third kappa shape index (κ3) is 4.60. The van der Waals surface area contributed by atoms with Gasteiger partial charge in [-0.25, -0.2) is 0 Å². The van der Waals surface area contributed by atoms with Crippen LogP contribution in [0.1, 0.15) is 29.6 Å². The van der Waals surface area contributed by atoms with E-state index < -0.39 is 0 Å². The molecule has 0 saturated carbocycles. The van der Waals surface area contributed by atoms with Gasteiger partial charge in [-0.3, -0.25) is 4.79 Å². The molecule has 1 aliphatic heterocycles. The molecule has 0 N–H and O–H groups in total. The van der Waals surface area contributed by atoms with Crippen LogP contribution in [0.4, 0.5) is 0 Å². The lowest BCUT2D eigenvalue weighted by atomic mass is 10.1. The average molecular weight is 338 g/mol. The minimum Gasteiger partial charge on any atom is -0.457 e. The van der Waals surface area contributed by atoms with Gasteiger partial charge in [0, 0.05) is 24.7 Å². The third-order valence-corrected chi connectivity index (χ3v) is 4.78. The number of likely N-dealkylation sites (tertiary alicyclic amines) is 1. The van der Waals surface area contributed by atoms with E-state index in [-0.39, 0.29) is 5.91 Å². The van der Waals surface area contributed by atoms with Crippen molar-refractivity contribution in [3.8, 4) is 11.5 Å². The molecule has 0 aromatic heterocycles. The number of amides is 1. The molecule has 1 unspecified atom stereocenters. The van der Waals surface area contributed by atoms with Gasteiger partial charge in [-0.05, 0) is 63.7 Å². The summed E-state index contributed by atoms with van der Waals surface area (Å²) in [4.78, 5) is 17.1. The number of benzene rings is 2. The van der Waals surface area contributed by atoms with Crippen molar-refractivity contribution >= 4 is 5.91 Å². The number of hydrogen-bond donors (Lipinski definition) is 0. The predicted octanol–water partition coefficient (Wildman–Crippen LogP) is 4.04. The summed E-state index contributed by atoms with van der Waals surface area (Å²) in [7, 11) is 4.24. The maximum absolute atomic E-state index is 12.9. The normalized spacial score (nSPS) is 18.0. The first-order valence-corrected chi connectivity index (χ1v) is 8.92. The molecule has 1 fully saturated rings. The quantitative estimate of drug-likeness (QED) is 0.843. The summed E-state index contributed by atoms with van der Waals surface area (Å²) >= 11 is 0. The lowest BCUT2D eigenvalue weighted by molar-refractivity contribution is 0.0758. The molecular weight excluding hydrogens is 312 g/mol. The number of carbonyl (C=O) groups excluding carboxylic acids is 1. The van der Waals surface area contributed by atoms with E-state index in [1.54, 1.807) is 0 Å². The van der Waals surface area contributed by atoms with E-state index in [4.69, 9.17) is 4.74 Å². The summed E-state index contributed by atoms with van der Waals surface area (Å²) in [5.74, 6) is 1.56. The van der Waals surface area contributed by atoms with Gasteiger partial charge in [0.05, 0.1) is 0 Å². The Kier molecular flexibility index (Phi) is 5.71. The Hall–Kier alpha value is -2.33. The number of hydrogen-bond acceptors (Lipinski definition) is 3. The summed E-state index contributed by atoms with van der Waals surface area (Å²) in [5, 5.41) is 0. The van der Waals surface area contributed by atoms with Crippen LogP contribution in [0.2, 0.25) is 0 Å². The molecule has 0 radical (unpaired) electrons. The molecule has 132 valence electrons. The molecular formula is C21H26N2O2. The lowest BCUT2D eigenvalue weighted by Crippen LogP contribution is -2.33. The summed E-state index contributed by atoms with van der Waals surface area (Å²) in [5.41, 5.74) is 0.691. The van der Waals surface area contributed by atoms with Gasteiger partial charge in [0.1, 0.15) is 11.5 Å². The fraction of sp³-hybridized carbons (Fsp3) is 0.381. The molecule has 2 aromatic carbocycles. The highest BCUT2D eigenvalue weighted by atomic mass is 16.5. The van der Waals surface area contributed by atoms with Gasteiger partial charge in [-0.2, -0.15) is 0 Å². The van der Waals surface area contributed by atoms with Crippen LogP contribution >= 0.6 is 0 Å². The van der Waals surface area contributed by atoms with Crippen molar-refractivity contribution in [2.75, 3.05) is 27.2 Å². The van der Waals surface area contributed by atoms with Gasteiger partial charge >= 0.3 is 0 Å². The van der Waals surface area contributed by atoms with Gasteiger partial charge in [0.25, 0.3) is 5.91 Å². The van der Waals surface area contributed by atoms with Crippen molar-refractivity contribution in [1.82, 2.24) is 9.80 Å². The standard InChI is InChI=1S/C21H26N2O2/c1-22(2)18-9-7-14-23(15-13-18)21(24)17-8-6-12-20(16-17)25-19-10-4-3-5-11-19/h3-6,8,10-12,16,18H,7,9,13-15H2,1-2H3. The second-order valence-corrected chi connectivity index (χ2v) is 6.78. The molecule has 0 spiro atoms. The van der Waals surface area contributed by atoms with Crippen LogP contribution in [0.5, 0.6) is 11.5 Å². The van der Waals surface area contributed by atoms with Crippen LogP contribution in [0.15, 0.2) is 54.6 Å². The fourth-order valence-corrected chi connectivity index (χ4v) is 3.30. The van der Waals surface area contributed by atoms with Gasteiger partial charge < -0.3 is 14.5 Å². The number of para-hydroxylation sites is 1. The Morgan fingerprint density at radius 3 is 2.52 bits per heavy atom. The summed E-state index contributed by atoms with van der Waals surface area (Å²) in [6, 6.07) is 17.7. The van der Waals surface area contributed by atoms with Crippen molar-refractivity contribution in [3.05, 3.63) is 60.2 Å². The summed E-state index contributed by atoms with van der Waals surface area (Å²) in [6.45, 7) is 1.64. The van der Waals surface area contributed by atoms with Crippen LogP contribution in [0.3, 0.4) is 0 Å². The second kappa shape index (κ2) is 8.17. The Balaban J connectivity index is 1.69. The third-order valence-electron chi connectivity index (χ3n) is 4.78. The van der Waals surface area contributed by atoms with Crippen LogP contribution < -0.4 is 4.74 Å². The molecule has 0 aliphatic carbocycles. The van der Waals surface area contributed by atoms with Crippen LogP contribution in [0, 0.1) is 0 Å². The minimum absolute atomic E-state index is 0.0953. The molecule has 4 nitrogen and oxygen atoms in total. The van der Waals surface area contributed by atoms with Crippen molar-refractivity contribution in [3.63, 3.8) is 0 Å². The van der Waals surface area contributed by atoms with Crippen LogP contribution in [0.25, 0.3) is 0 Å². The van der Waals surface area contributed by atoms with Gasteiger partial charge in [0.15, 0.2) is 0 Å². The van der Waals surface area contributed by atoms with Gasteiger partial charge in [0.2, 0.25) is 0 Å². The Morgan fingerprint density at radius 2 is 1.76 bits per heavy atom. The molecule has 1 heterocycles.